The van der Waals surface area contributed by atoms with E-state index in [9.17, 15) is 14.4 Å². The second-order valence-electron chi connectivity index (χ2n) is 7.61. The van der Waals surface area contributed by atoms with Gasteiger partial charge < -0.3 is 4.74 Å². The molecule has 0 N–H and O–H groups in total. The molecule has 0 atom stereocenters. The first-order chi connectivity index (χ1) is 15.9. The van der Waals surface area contributed by atoms with Crippen molar-refractivity contribution in [1.82, 2.24) is 14.7 Å². The van der Waals surface area contributed by atoms with Crippen LogP contribution in [0.3, 0.4) is 0 Å². The molecule has 0 fully saturated rings. The van der Waals surface area contributed by atoms with Crippen LogP contribution in [0, 0.1) is 6.92 Å². The van der Waals surface area contributed by atoms with Crippen LogP contribution in [0.2, 0.25) is 5.02 Å². The Morgan fingerprint density at radius 1 is 1.06 bits per heavy atom. The minimum atomic E-state index is -0.503. The average Bonchev–Trinajstić information content (AvgIpc) is 3.45. The molecule has 1 aliphatic rings. The van der Waals surface area contributed by atoms with Gasteiger partial charge in [0.15, 0.2) is 0 Å². The van der Waals surface area contributed by atoms with Gasteiger partial charge in [-0.25, -0.2) is 4.79 Å². The predicted octanol–water partition coefficient (Wildman–Crippen LogP) is 4.56. The molecule has 2 aromatic heterocycles. The van der Waals surface area contributed by atoms with Gasteiger partial charge in [-0.2, -0.15) is 5.10 Å². The third-order valence-corrected chi connectivity index (χ3v) is 7.01. The predicted molar refractivity (Wildman–Crippen MR) is 125 cm³/mol. The van der Waals surface area contributed by atoms with E-state index in [-0.39, 0.29) is 25.0 Å². The van der Waals surface area contributed by atoms with Crippen molar-refractivity contribution in [3.63, 3.8) is 0 Å². The summed E-state index contributed by atoms with van der Waals surface area (Å²) in [5, 5.41) is 6.10. The number of hydrogen-bond acceptors (Lipinski definition) is 6. The lowest BCUT2D eigenvalue weighted by Crippen LogP contribution is -2.33. The van der Waals surface area contributed by atoms with Gasteiger partial charge >= 0.3 is 5.97 Å². The Labute approximate surface area is 198 Å². The molecule has 0 saturated heterocycles. The summed E-state index contributed by atoms with van der Waals surface area (Å²) in [7, 11) is 0. The van der Waals surface area contributed by atoms with E-state index in [1.54, 1.807) is 30.3 Å². The molecule has 2 amide bonds. The van der Waals surface area contributed by atoms with Crippen LogP contribution < -0.4 is 0 Å². The molecule has 5 rings (SSSR count). The van der Waals surface area contributed by atoms with Gasteiger partial charge in [0, 0.05) is 10.4 Å². The molecule has 3 heterocycles. The van der Waals surface area contributed by atoms with E-state index in [4.69, 9.17) is 16.3 Å². The molecule has 33 heavy (non-hydrogen) atoms. The van der Waals surface area contributed by atoms with Crippen LogP contribution in [-0.4, -0.2) is 45.6 Å². The zero-order valence-corrected chi connectivity index (χ0v) is 19.2. The number of carbonyl (C=O) groups is 3. The summed E-state index contributed by atoms with van der Waals surface area (Å²) in [5.41, 5.74) is 2.48. The second kappa shape index (κ2) is 8.46. The number of carbonyl (C=O) groups excluding carboxylic acids is 3. The molecular weight excluding hydrogens is 462 g/mol. The molecule has 2 aromatic carbocycles. The van der Waals surface area contributed by atoms with Crippen molar-refractivity contribution >= 4 is 50.9 Å². The molecule has 7 nitrogen and oxygen atoms in total. The average molecular weight is 480 g/mol. The number of halogens is 1. The normalized spacial score (nSPS) is 13.1. The summed E-state index contributed by atoms with van der Waals surface area (Å²) in [6, 6.07) is 16.0. The molecule has 0 saturated carbocycles. The number of benzene rings is 2. The number of thiophene rings is 1. The summed E-state index contributed by atoms with van der Waals surface area (Å²) in [6.45, 7) is 2.29. The van der Waals surface area contributed by atoms with Gasteiger partial charge in [0.1, 0.15) is 16.3 Å². The van der Waals surface area contributed by atoms with Crippen molar-refractivity contribution in [2.75, 3.05) is 13.2 Å². The van der Waals surface area contributed by atoms with Crippen LogP contribution in [0.15, 0.2) is 54.6 Å². The first kappa shape index (κ1) is 21.4. The number of fused-ring (bicyclic) bond motifs is 2. The number of aryl methyl sites for hydroxylation is 1. The minimum absolute atomic E-state index is 0.00228. The van der Waals surface area contributed by atoms with Gasteiger partial charge in [-0.15, -0.1) is 11.3 Å². The topological polar surface area (TPSA) is 81.5 Å². The maximum Gasteiger partial charge on any atom is 0.348 e. The van der Waals surface area contributed by atoms with Gasteiger partial charge in [-0.3, -0.25) is 19.2 Å². The Morgan fingerprint density at radius 2 is 1.73 bits per heavy atom. The first-order valence-corrected chi connectivity index (χ1v) is 11.5. The number of amides is 2. The highest BCUT2D eigenvalue weighted by Crippen LogP contribution is 2.30. The SMILES string of the molecule is Cc1nn(Cc2ccccc2Cl)c2sc(C(=O)OCCN3C(=O)c4ccccc4C3=O)cc12. The smallest absolute Gasteiger partial charge is 0.348 e. The number of nitrogens with zero attached hydrogens (tertiary/aromatic N) is 3. The largest absolute Gasteiger partial charge is 0.460 e. The maximum atomic E-state index is 12.7. The summed E-state index contributed by atoms with van der Waals surface area (Å²) < 4.78 is 7.20. The van der Waals surface area contributed by atoms with Crippen molar-refractivity contribution in [2.24, 2.45) is 0 Å². The summed E-state index contributed by atoms with van der Waals surface area (Å²) >= 11 is 7.57. The molecule has 1 aliphatic heterocycles. The molecule has 0 spiro atoms. The molecule has 9 heteroatoms. The zero-order chi connectivity index (χ0) is 23.1. The van der Waals surface area contributed by atoms with Crippen LogP contribution in [0.5, 0.6) is 0 Å². The summed E-state index contributed by atoms with van der Waals surface area (Å²) in [4.78, 5) is 39.9. The lowest BCUT2D eigenvalue weighted by Gasteiger charge is -2.13. The van der Waals surface area contributed by atoms with E-state index < -0.39 is 5.97 Å². The van der Waals surface area contributed by atoms with Gasteiger partial charge in [-0.05, 0) is 36.8 Å². The lowest BCUT2D eigenvalue weighted by atomic mass is 10.1. The van der Waals surface area contributed by atoms with Crippen LogP contribution in [0.4, 0.5) is 0 Å². The Balaban J connectivity index is 1.27. The Bertz CT molecular complexity index is 1390. The third-order valence-electron chi connectivity index (χ3n) is 5.51. The standard InChI is InChI=1S/C24H18ClN3O4S/c1-14-18-12-20(33-23(18)28(26-14)13-15-6-2-5-9-19(15)25)24(31)32-11-10-27-21(29)16-7-3-4-8-17(16)22(27)30/h2-9,12H,10-11,13H2,1H3. The monoisotopic (exact) mass is 479 g/mol. The molecular formula is C24H18ClN3O4S. The van der Waals surface area contributed by atoms with Gasteiger partial charge in [0.05, 0.1) is 29.9 Å². The van der Waals surface area contributed by atoms with E-state index in [0.717, 1.165) is 26.4 Å². The van der Waals surface area contributed by atoms with Crippen LogP contribution in [0.1, 0.15) is 41.6 Å². The van der Waals surface area contributed by atoms with E-state index in [1.165, 1.54) is 11.3 Å². The van der Waals surface area contributed by atoms with Crippen molar-refractivity contribution < 1.29 is 19.1 Å². The van der Waals surface area contributed by atoms with E-state index in [2.05, 4.69) is 5.10 Å². The fraction of sp³-hybridized carbons (Fsp3) is 0.167. The fourth-order valence-corrected chi connectivity index (χ4v) is 5.10. The number of aromatic nitrogens is 2. The van der Waals surface area contributed by atoms with Gasteiger partial charge in [0.2, 0.25) is 0 Å². The quantitative estimate of drug-likeness (QED) is 0.299. The zero-order valence-electron chi connectivity index (χ0n) is 17.6. The first-order valence-electron chi connectivity index (χ1n) is 10.3. The van der Waals surface area contributed by atoms with Crippen molar-refractivity contribution in [3.05, 3.63) is 86.9 Å². The van der Waals surface area contributed by atoms with Crippen LogP contribution >= 0.6 is 22.9 Å². The van der Waals surface area contributed by atoms with Crippen molar-refractivity contribution in [3.8, 4) is 0 Å². The van der Waals surface area contributed by atoms with Crippen molar-refractivity contribution in [1.29, 1.82) is 0 Å². The van der Waals surface area contributed by atoms with E-state index >= 15 is 0 Å². The molecule has 0 unspecified atom stereocenters. The fourth-order valence-electron chi connectivity index (χ4n) is 3.85. The maximum absolute atomic E-state index is 12.7. The summed E-state index contributed by atoms with van der Waals surface area (Å²) in [6.07, 6.45) is 0. The van der Waals surface area contributed by atoms with Crippen LogP contribution in [-0.2, 0) is 11.3 Å². The van der Waals surface area contributed by atoms with Gasteiger partial charge in [0.25, 0.3) is 11.8 Å². The van der Waals surface area contributed by atoms with E-state index in [1.807, 2.05) is 35.9 Å². The second-order valence-corrected chi connectivity index (χ2v) is 9.05. The number of hydrogen-bond donors (Lipinski definition) is 0. The number of esters is 1. The third kappa shape index (κ3) is 3.81. The Kier molecular flexibility index (Phi) is 5.47. The van der Waals surface area contributed by atoms with Crippen LogP contribution in [0.25, 0.3) is 10.2 Å². The number of rotatable bonds is 6. The molecule has 4 aromatic rings. The highest BCUT2D eigenvalue weighted by Gasteiger charge is 2.34. The highest BCUT2D eigenvalue weighted by atomic mass is 35.5. The molecule has 166 valence electrons. The summed E-state index contributed by atoms with van der Waals surface area (Å²) in [5.74, 6) is -1.25. The molecule has 0 radical (unpaired) electrons. The van der Waals surface area contributed by atoms with Gasteiger partial charge in [-0.1, -0.05) is 41.9 Å². The van der Waals surface area contributed by atoms with E-state index in [0.29, 0.717) is 27.6 Å². The minimum Gasteiger partial charge on any atom is -0.460 e. The lowest BCUT2D eigenvalue weighted by molar-refractivity contribution is 0.0424. The number of ether oxygens (including phenoxy) is 1. The highest BCUT2D eigenvalue weighted by molar-refractivity contribution is 7.20. The molecule has 0 aliphatic carbocycles. The Hall–Kier alpha value is -3.49. The Morgan fingerprint density at radius 3 is 2.42 bits per heavy atom. The molecule has 0 bridgehead atoms. The van der Waals surface area contributed by atoms with Crippen molar-refractivity contribution in [2.45, 2.75) is 13.5 Å². The number of imide groups is 1.